The lowest BCUT2D eigenvalue weighted by Gasteiger charge is -2.02. The first-order chi connectivity index (χ1) is 9.20. The van der Waals surface area contributed by atoms with E-state index in [0.717, 1.165) is 32.1 Å². The van der Waals surface area contributed by atoms with Crippen LogP contribution in [0.2, 0.25) is 0 Å². The van der Waals surface area contributed by atoms with Gasteiger partial charge in [0, 0.05) is 12.8 Å². The molecule has 4 nitrogen and oxygen atoms in total. The van der Waals surface area contributed by atoms with Gasteiger partial charge in [-0.2, -0.15) is 0 Å². The zero-order valence-electron chi connectivity index (χ0n) is 11.2. The van der Waals surface area contributed by atoms with E-state index in [1.54, 1.807) is 0 Å². The highest BCUT2D eigenvalue weighted by atomic mass is 19.1. The third-order valence-electron chi connectivity index (χ3n) is 2.69. The van der Waals surface area contributed by atoms with Gasteiger partial charge in [0.2, 0.25) is 13.7 Å². The van der Waals surface area contributed by atoms with Gasteiger partial charge in [0.05, 0.1) is 0 Å². The van der Waals surface area contributed by atoms with Crippen LogP contribution in [0.5, 0.6) is 0 Å². The van der Waals surface area contributed by atoms with Crippen LogP contribution >= 0.6 is 0 Å². The van der Waals surface area contributed by atoms with Gasteiger partial charge in [0.1, 0.15) is 0 Å². The molecule has 0 saturated heterocycles. The Hall–Kier alpha value is -1.20. The Kier molecular flexibility index (Phi) is 12.4. The molecule has 0 aromatic heterocycles. The van der Waals surface area contributed by atoms with Crippen molar-refractivity contribution in [2.45, 2.75) is 57.8 Å². The molecule has 0 fully saturated rings. The smallest absolute Gasteiger partial charge is 0.308 e. The average molecular weight is 280 g/mol. The minimum absolute atomic E-state index is 0.263. The van der Waals surface area contributed by atoms with E-state index >= 15 is 0 Å². The number of carbonyl (C=O) groups is 2. The van der Waals surface area contributed by atoms with Crippen molar-refractivity contribution in [1.82, 2.24) is 0 Å². The number of rotatable bonds is 12. The van der Waals surface area contributed by atoms with E-state index in [2.05, 4.69) is 9.47 Å². The molecule has 0 radical (unpaired) electrons. The van der Waals surface area contributed by atoms with Crippen LogP contribution in [-0.4, -0.2) is 25.7 Å². The number of hydrogen-bond donors (Lipinski definition) is 0. The number of ether oxygens (including phenoxy) is 2. The molecule has 19 heavy (non-hydrogen) atoms. The Morgan fingerprint density at radius 1 is 0.632 bits per heavy atom. The summed E-state index contributed by atoms with van der Waals surface area (Å²) in [4.78, 5) is 21.6. The maximum Gasteiger partial charge on any atom is 0.308 e. The first kappa shape index (κ1) is 17.8. The van der Waals surface area contributed by atoms with Crippen LogP contribution in [0, 0.1) is 0 Å². The Labute approximate surface area is 112 Å². The molecule has 0 spiro atoms. The minimum Gasteiger partial charge on any atom is -0.434 e. The molecular formula is C13H22F2O4. The van der Waals surface area contributed by atoms with Gasteiger partial charge >= 0.3 is 11.9 Å². The summed E-state index contributed by atoms with van der Waals surface area (Å²) in [6.45, 7) is -2.10. The number of esters is 2. The Morgan fingerprint density at radius 2 is 0.947 bits per heavy atom. The fourth-order valence-electron chi connectivity index (χ4n) is 1.69. The number of unbranched alkanes of at least 4 members (excludes halogenated alkanes) is 6. The van der Waals surface area contributed by atoms with Crippen molar-refractivity contribution >= 4 is 11.9 Å². The molecule has 6 heteroatoms. The van der Waals surface area contributed by atoms with Crippen molar-refractivity contribution in [2.75, 3.05) is 13.7 Å². The zero-order valence-corrected chi connectivity index (χ0v) is 11.2. The lowest BCUT2D eigenvalue weighted by atomic mass is 10.1. The molecule has 0 amide bonds. The molecule has 0 aliphatic heterocycles. The fraction of sp³-hybridized carbons (Fsp3) is 0.846. The van der Waals surface area contributed by atoms with Crippen LogP contribution in [0.1, 0.15) is 57.8 Å². The van der Waals surface area contributed by atoms with Crippen molar-refractivity contribution in [2.24, 2.45) is 0 Å². The van der Waals surface area contributed by atoms with Crippen molar-refractivity contribution in [3.05, 3.63) is 0 Å². The third kappa shape index (κ3) is 13.0. The molecule has 0 bridgehead atoms. The van der Waals surface area contributed by atoms with Gasteiger partial charge in [-0.25, -0.2) is 8.78 Å². The van der Waals surface area contributed by atoms with Crippen molar-refractivity contribution in [3.8, 4) is 0 Å². The lowest BCUT2D eigenvalue weighted by molar-refractivity contribution is -0.148. The van der Waals surface area contributed by atoms with Gasteiger partial charge in [-0.15, -0.1) is 0 Å². The summed E-state index contributed by atoms with van der Waals surface area (Å²) >= 11 is 0. The fourth-order valence-corrected chi connectivity index (χ4v) is 1.69. The van der Waals surface area contributed by atoms with Crippen molar-refractivity contribution in [1.29, 1.82) is 0 Å². The highest BCUT2D eigenvalue weighted by Gasteiger charge is 2.02. The average Bonchev–Trinajstić information content (AvgIpc) is 2.37. The summed E-state index contributed by atoms with van der Waals surface area (Å²) in [6, 6.07) is 0. The Bertz CT molecular complexity index is 223. The van der Waals surface area contributed by atoms with Crippen LogP contribution in [0.4, 0.5) is 8.78 Å². The predicted octanol–water partition coefficient (Wildman–Crippen LogP) is 3.44. The number of hydrogen-bond acceptors (Lipinski definition) is 4. The van der Waals surface area contributed by atoms with Crippen LogP contribution in [0.3, 0.4) is 0 Å². The molecule has 0 atom stereocenters. The van der Waals surface area contributed by atoms with Crippen LogP contribution in [-0.2, 0) is 19.1 Å². The Balaban J connectivity index is 3.15. The van der Waals surface area contributed by atoms with Gasteiger partial charge in [-0.3, -0.25) is 9.59 Å². The van der Waals surface area contributed by atoms with E-state index in [0.29, 0.717) is 12.8 Å². The number of alkyl halides is 2. The van der Waals surface area contributed by atoms with E-state index in [4.69, 9.17) is 0 Å². The van der Waals surface area contributed by atoms with E-state index in [9.17, 15) is 18.4 Å². The quantitative estimate of drug-likeness (QED) is 0.406. The molecule has 0 aliphatic carbocycles. The van der Waals surface area contributed by atoms with Crippen molar-refractivity contribution < 1.29 is 27.8 Å². The summed E-state index contributed by atoms with van der Waals surface area (Å²) in [5, 5.41) is 0. The summed E-state index contributed by atoms with van der Waals surface area (Å²) in [5.41, 5.74) is 0. The second-order valence-electron chi connectivity index (χ2n) is 4.23. The SMILES string of the molecule is O=C(CCCCCCCCCC(=O)OCF)OCF. The molecule has 0 unspecified atom stereocenters. The van der Waals surface area contributed by atoms with Crippen LogP contribution in [0.15, 0.2) is 0 Å². The van der Waals surface area contributed by atoms with Gasteiger partial charge in [0.15, 0.2) is 0 Å². The third-order valence-corrected chi connectivity index (χ3v) is 2.69. The Morgan fingerprint density at radius 3 is 1.26 bits per heavy atom. The summed E-state index contributed by atoms with van der Waals surface area (Å²) in [5.74, 6) is -0.984. The van der Waals surface area contributed by atoms with E-state index in [1.165, 1.54) is 0 Å². The molecule has 0 rings (SSSR count). The standard InChI is InChI=1S/C13H22F2O4/c14-10-18-12(16)8-6-4-2-1-3-5-7-9-13(17)19-11-15/h1-11H2. The molecule has 112 valence electrons. The predicted molar refractivity (Wildman–Crippen MR) is 65.7 cm³/mol. The molecule has 0 aromatic carbocycles. The number of carbonyl (C=O) groups excluding carboxylic acids is 2. The van der Waals surface area contributed by atoms with Gasteiger partial charge in [-0.05, 0) is 12.8 Å². The van der Waals surface area contributed by atoms with Gasteiger partial charge in [-0.1, -0.05) is 32.1 Å². The first-order valence-electron chi connectivity index (χ1n) is 6.64. The topological polar surface area (TPSA) is 52.6 Å². The highest BCUT2D eigenvalue weighted by molar-refractivity contribution is 5.69. The normalized spacial score (nSPS) is 10.2. The second-order valence-corrected chi connectivity index (χ2v) is 4.23. The van der Waals surface area contributed by atoms with E-state index in [-0.39, 0.29) is 12.8 Å². The van der Waals surface area contributed by atoms with Gasteiger partial charge in [0.25, 0.3) is 0 Å². The van der Waals surface area contributed by atoms with Crippen LogP contribution < -0.4 is 0 Å². The molecule has 0 aliphatic rings. The summed E-state index contributed by atoms with van der Waals surface area (Å²) < 4.78 is 31.5. The maximum atomic E-state index is 11.6. The minimum atomic E-state index is -1.05. The maximum absolute atomic E-state index is 11.6. The molecule has 0 aromatic rings. The molecule has 0 heterocycles. The lowest BCUT2D eigenvalue weighted by Crippen LogP contribution is -2.02. The zero-order chi connectivity index (χ0) is 14.3. The number of halogens is 2. The largest absolute Gasteiger partial charge is 0.434 e. The second kappa shape index (κ2) is 13.2. The first-order valence-corrected chi connectivity index (χ1v) is 6.64. The van der Waals surface area contributed by atoms with Gasteiger partial charge < -0.3 is 9.47 Å². The summed E-state index contributed by atoms with van der Waals surface area (Å²) in [6.07, 6.45) is 6.78. The molecule has 0 saturated carbocycles. The highest BCUT2D eigenvalue weighted by Crippen LogP contribution is 2.10. The van der Waals surface area contributed by atoms with E-state index in [1.807, 2.05) is 0 Å². The monoisotopic (exact) mass is 280 g/mol. The van der Waals surface area contributed by atoms with Crippen molar-refractivity contribution in [3.63, 3.8) is 0 Å². The molecule has 0 N–H and O–H groups in total. The summed E-state index contributed by atoms with van der Waals surface area (Å²) in [7, 11) is 0. The van der Waals surface area contributed by atoms with E-state index < -0.39 is 25.7 Å². The molecular weight excluding hydrogens is 258 g/mol. The van der Waals surface area contributed by atoms with Crippen LogP contribution in [0.25, 0.3) is 0 Å².